The lowest BCUT2D eigenvalue weighted by Crippen LogP contribution is -2.30. The summed E-state index contributed by atoms with van der Waals surface area (Å²) < 4.78 is 12.0. The monoisotopic (exact) mass is 552 g/mol. The molecule has 4 rings (SSSR count). The van der Waals surface area contributed by atoms with Crippen LogP contribution in [0.5, 0.6) is 11.5 Å². The molecule has 6 nitrogen and oxygen atoms in total. The van der Waals surface area contributed by atoms with Gasteiger partial charge in [0.05, 0.1) is 17.6 Å². The molecule has 1 fully saturated rings. The molecule has 0 saturated carbocycles. The molecule has 0 unspecified atom stereocenters. The zero-order chi connectivity index (χ0) is 26.4. The summed E-state index contributed by atoms with van der Waals surface area (Å²) in [5, 5.41) is 3.34. The fourth-order valence-corrected chi connectivity index (χ4v) is 5.27. The quantitative estimate of drug-likeness (QED) is 0.235. The van der Waals surface area contributed by atoms with Gasteiger partial charge in [0, 0.05) is 10.7 Å². The number of anilines is 1. The number of carbonyl (C=O) groups excluding carboxylic acids is 2. The highest BCUT2D eigenvalue weighted by Crippen LogP contribution is 2.39. The molecule has 1 saturated heterocycles. The van der Waals surface area contributed by atoms with E-state index in [1.807, 2.05) is 50.2 Å². The number of rotatable bonds is 9. The van der Waals surface area contributed by atoms with E-state index >= 15 is 0 Å². The number of halogens is 1. The largest absolute Gasteiger partial charge is 0.490 e. The molecular formula is C28H25ClN2O4S2. The van der Waals surface area contributed by atoms with E-state index < -0.39 is 0 Å². The summed E-state index contributed by atoms with van der Waals surface area (Å²) in [6, 6.07) is 21.7. The third-order valence-corrected chi connectivity index (χ3v) is 7.13. The molecule has 2 amide bonds. The van der Waals surface area contributed by atoms with Crippen LogP contribution in [0.4, 0.5) is 5.69 Å². The molecule has 1 atom stereocenters. The van der Waals surface area contributed by atoms with Crippen LogP contribution in [0.2, 0.25) is 5.02 Å². The van der Waals surface area contributed by atoms with Crippen molar-refractivity contribution in [1.82, 2.24) is 4.90 Å². The molecule has 3 aromatic rings. The van der Waals surface area contributed by atoms with Crippen LogP contribution in [0.15, 0.2) is 77.7 Å². The first kappa shape index (κ1) is 26.7. The second-order valence-electron chi connectivity index (χ2n) is 8.12. The topological polar surface area (TPSA) is 67.9 Å². The molecule has 1 aliphatic heterocycles. The van der Waals surface area contributed by atoms with Crippen molar-refractivity contribution < 1.29 is 19.1 Å². The van der Waals surface area contributed by atoms with Gasteiger partial charge in [-0.05, 0) is 67.4 Å². The van der Waals surface area contributed by atoms with Crippen LogP contribution in [0, 0.1) is 0 Å². The fraction of sp³-hybridized carbons (Fsp3) is 0.179. The first-order valence-electron chi connectivity index (χ1n) is 11.6. The van der Waals surface area contributed by atoms with Gasteiger partial charge >= 0.3 is 0 Å². The Labute approximate surface area is 230 Å². The highest BCUT2D eigenvalue weighted by Gasteiger charge is 2.35. The highest BCUT2D eigenvalue weighted by atomic mass is 35.5. The van der Waals surface area contributed by atoms with Gasteiger partial charge in [-0.2, -0.15) is 0 Å². The molecule has 0 spiro atoms. The maximum atomic E-state index is 13.2. The molecule has 37 heavy (non-hydrogen) atoms. The van der Waals surface area contributed by atoms with Gasteiger partial charge in [0.1, 0.15) is 4.32 Å². The zero-order valence-electron chi connectivity index (χ0n) is 20.3. The van der Waals surface area contributed by atoms with Crippen molar-refractivity contribution in [2.24, 2.45) is 0 Å². The number of benzene rings is 3. The van der Waals surface area contributed by atoms with Gasteiger partial charge in [-0.25, -0.2) is 0 Å². The second kappa shape index (κ2) is 12.3. The van der Waals surface area contributed by atoms with Crippen LogP contribution in [0.25, 0.3) is 6.08 Å². The molecule has 0 aliphatic carbocycles. The van der Waals surface area contributed by atoms with Gasteiger partial charge in [0.25, 0.3) is 11.8 Å². The normalized spacial score (nSPS) is 15.1. The number of thiocarbonyl (C=S) groups is 1. The van der Waals surface area contributed by atoms with Gasteiger partial charge < -0.3 is 14.8 Å². The summed E-state index contributed by atoms with van der Waals surface area (Å²) in [5.41, 5.74) is 2.40. The molecule has 0 aromatic heterocycles. The summed E-state index contributed by atoms with van der Waals surface area (Å²) in [4.78, 5) is 27.7. The highest BCUT2D eigenvalue weighted by molar-refractivity contribution is 8.26. The fourth-order valence-electron chi connectivity index (χ4n) is 3.72. The molecule has 9 heteroatoms. The average molecular weight is 553 g/mol. The van der Waals surface area contributed by atoms with Crippen molar-refractivity contribution in [3.8, 4) is 11.5 Å². The van der Waals surface area contributed by atoms with Gasteiger partial charge in [-0.1, -0.05) is 72.0 Å². The third kappa shape index (κ3) is 6.71. The minimum absolute atomic E-state index is 0.136. The number of hydrogen-bond donors (Lipinski definition) is 1. The number of hydrogen-bond acceptors (Lipinski definition) is 6. The lowest BCUT2D eigenvalue weighted by Gasteiger charge is -2.23. The van der Waals surface area contributed by atoms with Crippen molar-refractivity contribution in [3.05, 3.63) is 93.9 Å². The Kier molecular flexibility index (Phi) is 8.87. The van der Waals surface area contributed by atoms with Crippen molar-refractivity contribution in [2.75, 3.05) is 18.5 Å². The maximum absolute atomic E-state index is 13.2. The molecule has 1 aliphatic rings. The number of ether oxygens (including phenoxy) is 2. The number of amides is 2. The number of thioether (sulfide) groups is 1. The Morgan fingerprint density at radius 2 is 1.81 bits per heavy atom. The lowest BCUT2D eigenvalue weighted by atomic mass is 10.1. The van der Waals surface area contributed by atoms with E-state index in [0.29, 0.717) is 38.0 Å². The number of carbonyl (C=O) groups is 2. The van der Waals surface area contributed by atoms with E-state index in [0.717, 1.165) is 11.1 Å². The van der Waals surface area contributed by atoms with Crippen molar-refractivity contribution in [3.63, 3.8) is 0 Å². The van der Waals surface area contributed by atoms with Crippen LogP contribution < -0.4 is 14.8 Å². The Balaban J connectivity index is 1.46. The van der Waals surface area contributed by atoms with Crippen molar-refractivity contribution >= 4 is 63.5 Å². The summed E-state index contributed by atoms with van der Waals surface area (Å²) in [6.07, 6.45) is 1.79. The summed E-state index contributed by atoms with van der Waals surface area (Å²) in [5.74, 6) is 0.452. The Hall–Kier alpha value is -3.33. The molecular weight excluding hydrogens is 528 g/mol. The van der Waals surface area contributed by atoms with E-state index in [1.54, 1.807) is 47.4 Å². The Morgan fingerprint density at radius 1 is 1.08 bits per heavy atom. The van der Waals surface area contributed by atoms with Crippen LogP contribution in [0.1, 0.15) is 31.0 Å². The molecule has 0 radical (unpaired) electrons. The van der Waals surface area contributed by atoms with Crippen LogP contribution in [-0.2, 0) is 9.59 Å². The number of nitrogens with one attached hydrogen (secondary N) is 1. The second-order valence-corrected chi connectivity index (χ2v) is 10.2. The van der Waals surface area contributed by atoms with E-state index in [4.69, 9.17) is 33.3 Å². The smallest absolute Gasteiger partial charge is 0.266 e. The maximum Gasteiger partial charge on any atom is 0.266 e. The van der Waals surface area contributed by atoms with Gasteiger partial charge in [0.2, 0.25) is 0 Å². The lowest BCUT2D eigenvalue weighted by molar-refractivity contribution is -0.123. The van der Waals surface area contributed by atoms with Gasteiger partial charge in [-0.3, -0.25) is 14.5 Å². The standard InChI is InChI=1S/C28H25ClN2O4S2/c1-3-34-24-15-19(9-14-23(24)35-17-26(32)30-22-12-10-21(29)11-13-22)16-25-27(33)31(28(36)37-25)18(2)20-7-5-4-6-8-20/h4-16,18H,3,17H2,1-2H3,(H,30,32)/b25-16-/t18-/m1/s1. The predicted octanol–water partition coefficient (Wildman–Crippen LogP) is 6.72. The first-order chi connectivity index (χ1) is 17.9. The summed E-state index contributed by atoms with van der Waals surface area (Å²) in [6.45, 7) is 4.04. The Morgan fingerprint density at radius 3 is 2.51 bits per heavy atom. The van der Waals surface area contributed by atoms with Crippen LogP contribution in [-0.4, -0.2) is 34.2 Å². The Bertz CT molecular complexity index is 1330. The zero-order valence-corrected chi connectivity index (χ0v) is 22.7. The minimum Gasteiger partial charge on any atom is -0.490 e. The molecule has 1 N–H and O–H groups in total. The SMILES string of the molecule is CCOc1cc(/C=C2\SC(=S)N([C@H](C)c3ccccc3)C2=O)ccc1OCC(=O)Nc1ccc(Cl)cc1. The average Bonchev–Trinajstić information content (AvgIpc) is 3.17. The molecule has 3 aromatic carbocycles. The van der Waals surface area contributed by atoms with Crippen LogP contribution in [0.3, 0.4) is 0 Å². The van der Waals surface area contributed by atoms with Crippen molar-refractivity contribution in [1.29, 1.82) is 0 Å². The first-order valence-corrected chi connectivity index (χ1v) is 13.2. The third-order valence-electron chi connectivity index (χ3n) is 5.54. The molecule has 0 bridgehead atoms. The van der Waals surface area contributed by atoms with Crippen molar-refractivity contribution in [2.45, 2.75) is 19.9 Å². The van der Waals surface area contributed by atoms with E-state index in [9.17, 15) is 9.59 Å². The summed E-state index contributed by atoms with van der Waals surface area (Å²) >= 11 is 12.7. The summed E-state index contributed by atoms with van der Waals surface area (Å²) in [7, 11) is 0. The minimum atomic E-state index is -0.315. The molecule has 190 valence electrons. The van der Waals surface area contributed by atoms with Gasteiger partial charge in [0.15, 0.2) is 18.1 Å². The van der Waals surface area contributed by atoms with E-state index in [2.05, 4.69) is 5.32 Å². The predicted molar refractivity (Wildman–Crippen MR) is 153 cm³/mol. The van der Waals surface area contributed by atoms with E-state index in [-0.39, 0.29) is 24.5 Å². The van der Waals surface area contributed by atoms with E-state index in [1.165, 1.54) is 11.8 Å². The van der Waals surface area contributed by atoms with Gasteiger partial charge in [-0.15, -0.1) is 0 Å². The number of nitrogens with zero attached hydrogens (tertiary/aromatic N) is 1. The molecule has 1 heterocycles. The van der Waals surface area contributed by atoms with Crippen LogP contribution >= 0.6 is 35.6 Å².